The first kappa shape index (κ1) is 13.3. The summed E-state index contributed by atoms with van der Waals surface area (Å²) in [5, 5.41) is 3.54. The lowest BCUT2D eigenvalue weighted by atomic mass is 9.77. The van der Waals surface area contributed by atoms with Crippen LogP contribution in [-0.2, 0) is 0 Å². The molecule has 0 radical (unpaired) electrons. The van der Waals surface area contributed by atoms with Gasteiger partial charge in [-0.25, -0.2) is 0 Å². The van der Waals surface area contributed by atoms with Crippen LogP contribution in [0.2, 0.25) is 0 Å². The summed E-state index contributed by atoms with van der Waals surface area (Å²) in [5.41, 5.74) is 11.5. The van der Waals surface area contributed by atoms with Crippen LogP contribution in [0.5, 0.6) is 0 Å². The van der Waals surface area contributed by atoms with Crippen LogP contribution >= 0.6 is 0 Å². The zero-order chi connectivity index (χ0) is 12.1. The van der Waals surface area contributed by atoms with Crippen LogP contribution in [0.3, 0.4) is 0 Å². The largest absolute Gasteiger partial charge is 0.330 e. The quantitative estimate of drug-likeness (QED) is 0.646. The summed E-state index contributed by atoms with van der Waals surface area (Å²) < 4.78 is 0. The van der Waals surface area contributed by atoms with Gasteiger partial charge in [-0.2, -0.15) is 0 Å². The van der Waals surface area contributed by atoms with E-state index < -0.39 is 0 Å². The van der Waals surface area contributed by atoms with Crippen LogP contribution in [0.1, 0.15) is 25.7 Å². The maximum Gasteiger partial charge on any atom is 0.0249 e. The molecule has 2 fully saturated rings. The van der Waals surface area contributed by atoms with E-state index >= 15 is 0 Å². The Hall–Kier alpha value is -0.160. The van der Waals surface area contributed by atoms with Gasteiger partial charge in [0.2, 0.25) is 0 Å². The predicted octanol–water partition coefficient (Wildman–Crippen LogP) is -0.0160. The number of nitrogens with zero attached hydrogens (tertiary/aromatic N) is 1. The Bertz CT molecular complexity index is 211. The second kappa shape index (κ2) is 6.69. The second-order valence-corrected chi connectivity index (χ2v) is 5.61. The van der Waals surface area contributed by atoms with Crippen LogP contribution in [0.4, 0.5) is 0 Å². The van der Waals surface area contributed by atoms with Gasteiger partial charge in [-0.15, -0.1) is 0 Å². The Kier molecular flexibility index (Phi) is 5.22. The average Bonchev–Trinajstić information content (AvgIpc) is 2.40. The molecule has 2 rings (SSSR count). The summed E-state index contributed by atoms with van der Waals surface area (Å²) in [6.45, 7) is 6.16. The predicted molar refractivity (Wildman–Crippen MR) is 71.8 cm³/mol. The van der Waals surface area contributed by atoms with Crippen molar-refractivity contribution in [3.05, 3.63) is 0 Å². The first-order chi connectivity index (χ1) is 8.35. The first-order valence-electron chi connectivity index (χ1n) is 7.20. The molecule has 0 spiro atoms. The fraction of sp³-hybridized carbons (Fsp3) is 1.00. The minimum absolute atomic E-state index is 0.714. The second-order valence-electron chi connectivity index (χ2n) is 5.61. The van der Waals surface area contributed by atoms with Gasteiger partial charge in [0.1, 0.15) is 0 Å². The van der Waals surface area contributed by atoms with Gasteiger partial charge in [0.05, 0.1) is 0 Å². The van der Waals surface area contributed by atoms with E-state index in [1.54, 1.807) is 0 Å². The topological polar surface area (TPSA) is 67.3 Å². The zero-order valence-electron chi connectivity index (χ0n) is 10.9. The number of hydrogen-bond donors (Lipinski definition) is 3. The fourth-order valence-corrected chi connectivity index (χ4v) is 3.48. The van der Waals surface area contributed by atoms with Crippen molar-refractivity contribution in [1.29, 1.82) is 0 Å². The molecular formula is C13H28N4. The van der Waals surface area contributed by atoms with E-state index in [4.69, 9.17) is 11.5 Å². The summed E-state index contributed by atoms with van der Waals surface area (Å²) >= 11 is 0. The molecule has 2 aliphatic rings. The van der Waals surface area contributed by atoms with Crippen molar-refractivity contribution in [3.8, 4) is 0 Å². The van der Waals surface area contributed by atoms with Crippen molar-refractivity contribution in [2.75, 3.05) is 39.3 Å². The molecule has 1 saturated heterocycles. The monoisotopic (exact) mass is 240 g/mol. The minimum atomic E-state index is 0.714. The summed E-state index contributed by atoms with van der Waals surface area (Å²) in [6.07, 6.45) is 5.37. The molecule has 0 bridgehead atoms. The van der Waals surface area contributed by atoms with Crippen molar-refractivity contribution in [2.45, 2.75) is 31.7 Å². The number of piperazine rings is 1. The Morgan fingerprint density at radius 1 is 1.12 bits per heavy atom. The minimum Gasteiger partial charge on any atom is -0.330 e. The zero-order valence-corrected chi connectivity index (χ0v) is 10.9. The molecule has 0 aromatic heterocycles. The number of nitrogens with two attached hydrogens (primary N) is 2. The van der Waals surface area contributed by atoms with Crippen molar-refractivity contribution in [2.24, 2.45) is 23.3 Å². The van der Waals surface area contributed by atoms with Crippen molar-refractivity contribution < 1.29 is 0 Å². The first-order valence-corrected chi connectivity index (χ1v) is 7.20. The molecule has 100 valence electrons. The molecule has 4 heteroatoms. The Morgan fingerprint density at radius 3 is 2.53 bits per heavy atom. The molecule has 1 aliphatic carbocycles. The number of rotatable bonds is 4. The number of hydrogen-bond acceptors (Lipinski definition) is 4. The lowest BCUT2D eigenvalue weighted by Crippen LogP contribution is -2.56. The van der Waals surface area contributed by atoms with E-state index in [2.05, 4.69) is 10.2 Å². The molecule has 17 heavy (non-hydrogen) atoms. The summed E-state index contributed by atoms with van der Waals surface area (Å²) in [5.74, 6) is 1.64. The molecule has 4 nitrogen and oxygen atoms in total. The molecular weight excluding hydrogens is 212 g/mol. The standard InChI is InChI=1S/C13H28N4/c14-5-7-17-8-6-16-10-13(17)12-3-1-11(9-15)2-4-12/h11-13,16H,1-10,14-15H2. The lowest BCUT2D eigenvalue weighted by molar-refractivity contribution is 0.0864. The third kappa shape index (κ3) is 3.41. The normalized spacial score (nSPS) is 36.0. The number of nitrogens with one attached hydrogen (secondary N) is 1. The van der Waals surface area contributed by atoms with Crippen LogP contribution in [0.15, 0.2) is 0 Å². The summed E-state index contributed by atoms with van der Waals surface area (Å²) in [4.78, 5) is 2.60. The maximum absolute atomic E-state index is 5.76. The van der Waals surface area contributed by atoms with Crippen LogP contribution in [0, 0.1) is 11.8 Å². The summed E-state index contributed by atoms with van der Waals surface area (Å²) in [6, 6.07) is 0.714. The van der Waals surface area contributed by atoms with Crippen LogP contribution in [0.25, 0.3) is 0 Å². The Labute approximate surface area is 105 Å². The van der Waals surface area contributed by atoms with Gasteiger partial charge >= 0.3 is 0 Å². The van der Waals surface area contributed by atoms with Gasteiger partial charge in [0.15, 0.2) is 0 Å². The highest BCUT2D eigenvalue weighted by atomic mass is 15.2. The lowest BCUT2D eigenvalue weighted by Gasteiger charge is -2.43. The van der Waals surface area contributed by atoms with E-state index in [1.807, 2.05) is 0 Å². The van der Waals surface area contributed by atoms with Crippen LogP contribution < -0.4 is 16.8 Å². The highest BCUT2D eigenvalue weighted by Crippen LogP contribution is 2.32. The molecule has 5 N–H and O–H groups in total. The third-order valence-corrected chi connectivity index (χ3v) is 4.58. The van der Waals surface area contributed by atoms with Crippen molar-refractivity contribution in [3.63, 3.8) is 0 Å². The van der Waals surface area contributed by atoms with E-state index in [9.17, 15) is 0 Å². The molecule has 1 saturated carbocycles. The Balaban J connectivity index is 1.86. The van der Waals surface area contributed by atoms with Crippen molar-refractivity contribution >= 4 is 0 Å². The molecule has 1 heterocycles. The molecule has 1 atom stereocenters. The molecule has 0 aromatic carbocycles. The van der Waals surface area contributed by atoms with Gasteiger partial charge in [0, 0.05) is 38.8 Å². The van der Waals surface area contributed by atoms with Gasteiger partial charge in [-0.05, 0) is 44.1 Å². The SMILES string of the molecule is NCCN1CCNCC1C1CCC(CN)CC1. The van der Waals surface area contributed by atoms with Crippen LogP contribution in [-0.4, -0.2) is 50.2 Å². The van der Waals surface area contributed by atoms with E-state index in [-0.39, 0.29) is 0 Å². The van der Waals surface area contributed by atoms with Gasteiger partial charge in [-0.3, -0.25) is 4.90 Å². The fourth-order valence-electron chi connectivity index (χ4n) is 3.48. The van der Waals surface area contributed by atoms with Gasteiger partial charge < -0.3 is 16.8 Å². The van der Waals surface area contributed by atoms with E-state index in [0.717, 1.165) is 44.6 Å². The van der Waals surface area contributed by atoms with Gasteiger partial charge in [0.25, 0.3) is 0 Å². The molecule has 0 amide bonds. The molecule has 0 aromatic rings. The Morgan fingerprint density at radius 2 is 1.88 bits per heavy atom. The molecule has 1 unspecified atom stereocenters. The smallest absolute Gasteiger partial charge is 0.0249 e. The highest BCUT2D eigenvalue weighted by molar-refractivity contribution is 4.88. The van der Waals surface area contributed by atoms with Gasteiger partial charge in [-0.1, -0.05) is 0 Å². The summed E-state index contributed by atoms with van der Waals surface area (Å²) in [7, 11) is 0. The van der Waals surface area contributed by atoms with E-state index in [1.165, 1.54) is 32.2 Å². The maximum atomic E-state index is 5.76. The van der Waals surface area contributed by atoms with E-state index in [0.29, 0.717) is 6.04 Å². The highest BCUT2D eigenvalue weighted by Gasteiger charge is 2.32. The average molecular weight is 240 g/mol. The third-order valence-electron chi connectivity index (χ3n) is 4.58. The molecule has 1 aliphatic heterocycles. The van der Waals surface area contributed by atoms with Crippen molar-refractivity contribution in [1.82, 2.24) is 10.2 Å².